The molecule has 0 aliphatic carbocycles. The second-order valence-electron chi connectivity index (χ2n) is 5.90. The Balaban J connectivity index is 1.75. The van der Waals surface area contributed by atoms with Crippen LogP contribution in [0.1, 0.15) is 21.7 Å². The highest BCUT2D eigenvalue weighted by Crippen LogP contribution is 2.23. The summed E-state index contributed by atoms with van der Waals surface area (Å²) in [5, 5.41) is 3.69. The first-order valence-corrected chi connectivity index (χ1v) is 8.65. The Morgan fingerprint density at radius 3 is 2.74 bits per heavy atom. The maximum Gasteiger partial charge on any atom is 0.388 e. The number of halogens is 3. The van der Waals surface area contributed by atoms with Crippen molar-refractivity contribution in [2.24, 2.45) is 5.10 Å². The van der Waals surface area contributed by atoms with Crippen LogP contribution in [0.5, 0.6) is 11.6 Å². The maximum atomic E-state index is 13.7. The number of methoxy groups -OCH3 is 1. The minimum atomic E-state index is -2.99. The van der Waals surface area contributed by atoms with Crippen molar-refractivity contribution in [1.29, 1.82) is 0 Å². The molecule has 9 nitrogen and oxygen atoms in total. The largest absolute Gasteiger partial charge is 0.495 e. The van der Waals surface area contributed by atoms with Gasteiger partial charge in [0.2, 0.25) is 11.8 Å². The zero-order valence-corrected chi connectivity index (χ0v) is 16.2. The fourth-order valence-electron chi connectivity index (χ4n) is 2.44. The Bertz CT molecular complexity index is 1130. The van der Waals surface area contributed by atoms with Gasteiger partial charge in [-0.2, -0.15) is 18.3 Å². The van der Waals surface area contributed by atoms with Crippen molar-refractivity contribution in [2.75, 3.05) is 7.11 Å². The quantitative estimate of drug-likeness (QED) is 0.347. The molecule has 0 aliphatic heterocycles. The van der Waals surface area contributed by atoms with Gasteiger partial charge in [0.25, 0.3) is 5.91 Å². The van der Waals surface area contributed by atoms with E-state index in [0.29, 0.717) is 17.0 Å². The third-order valence-corrected chi connectivity index (χ3v) is 3.86. The maximum absolute atomic E-state index is 13.7. The summed E-state index contributed by atoms with van der Waals surface area (Å²) in [5.41, 5.74) is 3.24. The minimum Gasteiger partial charge on any atom is -0.495 e. The summed E-state index contributed by atoms with van der Waals surface area (Å²) in [4.78, 5) is 27.9. The number of nitrogens with one attached hydrogen (secondary N) is 1. The number of rotatable bonds is 7. The first kappa shape index (κ1) is 21.6. The van der Waals surface area contributed by atoms with E-state index >= 15 is 0 Å². The van der Waals surface area contributed by atoms with Gasteiger partial charge < -0.3 is 9.47 Å². The van der Waals surface area contributed by atoms with Crippen LogP contribution >= 0.6 is 0 Å². The van der Waals surface area contributed by atoms with Crippen molar-refractivity contribution in [2.45, 2.75) is 13.5 Å². The van der Waals surface area contributed by atoms with E-state index in [1.807, 2.05) is 0 Å². The van der Waals surface area contributed by atoms with Gasteiger partial charge in [0.05, 0.1) is 48.9 Å². The molecule has 3 heterocycles. The number of nitrogens with zero attached hydrogens (tertiary/aromatic N) is 5. The summed E-state index contributed by atoms with van der Waals surface area (Å²) >= 11 is 0. The molecule has 3 rings (SSSR count). The van der Waals surface area contributed by atoms with E-state index < -0.39 is 18.5 Å². The van der Waals surface area contributed by atoms with Gasteiger partial charge in [-0.3, -0.25) is 9.78 Å². The second kappa shape index (κ2) is 9.61. The molecule has 0 aliphatic rings. The first-order valence-electron chi connectivity index (χ1n) is 8.65. The fraction of sp³-hybridized carbons (Fsp3) is 0.158. The lowest BCUT2D eigenvalue weighted by molar-refractivity contribution is -0.0529. The third-order valence-electron chi connectivity index (χ3n) is 3.86. The third kappa shape index (κ3) is 5.50. The molecule has 3 aromatic heterocycles. The van der Waals surface area contributed by atoms with Gasteiger partial charge in [-0.1, -0.05) is 0 Å². The van der Waals surface area contributed by atoms with Gasteiger partial charge in [0.1, 0.15) is 11.4 Å². The van der Waals surface area contributed by atoms with Gasteiger partial charge >= 0.3 is 6.61 Å². The van der Waals surface area contributed by atoms with E-state index in [9.17, 15) is 18.0 Å². The number of amides is 1. The van der Waals surface area contributed by atoms with Crippen LogP contribution in [0, 0.1) is 12.9 Å². The SMILES string of the molecule is COc1cnc(F)c(/C=N/NC(=O)c2cncc(-c3ccc(OC(F)F)nc3C)n2)c1. The molecule has 0 atom stereocenters. The number of carbonyl (C=O) groups is 1. The number of carbonyl (C=O) groups excluding carboxylic acids is 1. The Labute approximate surface area is 174 Å². The monoisotopic (exact) mass is 432 g/mol. The van der Waals surface area contributed by atoms with E-state index in [2.05, 4.69) is 35.2 Å². The Kier molecular flexibility index (Phi) is 6.70. The van der Waals surface area contributed by atoms with Crippen molar-refractivity contribution in [3.8, 4) is 22.9 Å². The van der Waals surface area contributed by atoms with E-state index in [-0.39, 0.29) is 22.8 Å². The molecule has 1 amide bonds. The number of ether oxygens (including phenoxy) is 2. The van der Waals surface area contributed by atoms with Gasteiger partial charge in [-0.05, 0) is 19.1 Å². The van der Waals surface area contributed by atoms with E-state index in [1.165, 1.54) is 43.9 Å². The van der Waals surface area contributed by atoms with Crippen LogP contribution in [0.4, 0.5) is 13.2 Å². The highest BCUT2D eigenvalue weighted by molar-refractivity contribution is 5.93. The van der Waals surface area contributed by atoms with Crippen LogP contribution in [0.25, 0.3) is 11.3 Å². The van der Waals surface area contributed by atoms with Crippen molar-refractivity contribution < 1.29 is 27.4 Å². The predicted molar refractivity (Wildman–Crippen MR) is 102 cm³/mol. The van der Waals surface area contributed by atoms with Gasteiger partial charge in [-0.25, -0.2) is 20.4 Å². The average molecular weight is 432 g/mol. The lowest BCUT2D eigenvalue weighted by Crippen LogP contribution is -2.19. The lowest BCUT2D eigenvalue weighted by atomic mass is 10.1. The molecule has 0 unspecified atom stereocenters. The smallest absolute Gasteiger partial charge is 0.388 e. The second-order valence-corrected chi connectivity index (χ2v) is 5.90. The summed E-state index contributed by atoms with van der Waals surface area (Å²) in [6.45, 7) is -1.42. The van der Waals surface area contributed by atoms with Gasteiger partial charge in [0, 0.05) is 11.6 Å². The van der Waals surface area contributed by atoms with Crippen molar-refractivity contribution >= 4 is 12.1 Å². The zero-order chi connectivity index (χ0) is 22.4. The number of hydrazone groups is 1. The van der Waals surface area contributed by atoms with E-state index in [0.717, 1.165) is 6.21 Å². The fourth-order valence-corrected chi connectivity index (χ4v) is 2.44. The molecule has 0 fully saturated rings. The van der Waals surface area contributed by atoms with E-state index in [4.69, 9.17) is 4.74 Å². The molecule has 1 N–H and O–H groups in total. The number of pyridine rings is 2. The molecule has 160 valence electrons. The molecule has 31 heavy (non-hydrogen) atoms. The number of alkyl halides is 2. The molecule has 0 saturated carbocycles. The van der Waals surface area contributed by atoms with Crippen molar-refractivity contribution in [3.63, 3.8) is 0 Å². The highest BCUT2D eigenvalue weighted by Gasteiger charge is 2.13. The van der Waals surface area contributed by atoms with Gasteiger partial charge in [-0.15, -0.1) is 0 Å². The highest BCUT2D eigenvalue weighted by atomic mass is 19.3. The molecular formula is C19H15F3N6O3. The number of aryl methyl sites for hydroxylation is 1. The van der Waals surface area contributed by atoms with Crippen LogP contribution in [0.3, 0.4) is 0 Å². The van der Waals surface area contributed by atoms with Crippen LogP contribution in [-0.2, 0) is 0 Å². The topological polar surface area (TPSA) is 111 Å². The average Bonchev–Trinajstić information content (AvgIpc) is 2.74. The molecular weight excluding hydrogens is 417 g/mol. The lowest BCUT2D eigenvalue weighted by Gasteiger charge is -2.08. The van der Waals surface area contributed by atoms with Crippen LogP contribution in [-0.4, -0.2) is 45.8 Å². The molecule has 12 heteroatoms. The minimum absolute atomic E-state index is 0.00675. The van der Waals surface area contributed by atoms with Crippen LogP contribution in [0.15, 0.2) is 41.9 Å². The number of hydrogen-bond donors (Lipinski definition) is 1. The number of hydrogen-bond acceptors (Lipinski definition) is 8. The standard InChI is InChI=1S/C19H15F3N6O3/c1-10-13(3-4-16(26-10)31-19(21)22)14-8-23-9-15(27-14)18(29)28-25-6-11-5-12(30-2)7-24-17(11)20/h3-9,19H,1-2H3,(H,28,29)/b25-6+. The summed E-state index contributed by atoms with van der Waals surface area (Å²) in [6, 6.07) is 4.09. The van der Waals surface area contributed by atoms with E-state index in [1.54, 1.807) is 6.92 Å². The Morgan fingerprint density at radius 1 is 1.23 bits per heavy atom. The normalized spacial score (nSPS) is 11.0. The molecule has 0 radical (unpaired) electrons. The number of aromatic nitrogens is 4. The summed E-state index contributed by atoms with van der Waals surface area (Å²) in [6.07, 6.45) is 4.86. The first-order chi connectivity index (χ1) is 14.9. The van der Waals surface area contributed by atoms with Gasteiger partial charge in [0.15, 0.2) is 0 Å². The Hall–Kier alpha value is -4.09. The summed E-state index contributed by atoms with van der Waals surface area (Å²) in [7, 11) is 1.40. The molecule has 0 aromatic carbocycles. The molecule has 0 spiro atoms. The summed E-state index contributed by atoms with van der Waals surface area (Å²) in [5.74, 6) is -1.42. The summed E-state index contributed by atoms with van der Waals surface area (Å²) < 4.78 is 47.5. The van der Waals surface area contributed by atoms with Crippen molar-refractivity contribution in [1.82, 2.24) is 25.4 Å². The molecule has 3 aromatic rings. The Morgan fingerprint density at radius 2 is 2.03 bits per heavy atom. The zero-order valence-electron chi connectivity index (χ0n) is 16.2. The predicted octanol–water partition coefficient (Wildman–Crippen LogP) is 2.76. The van der Waals surface area contributed by atoms with Crippen LogP contribution in [0.2, 0.25) is 0 Å². The van der Waals surface area contributed by atoms with Crippen LogP contribution < -0.4 is 14.9 Å². The molecule has 0 saturated heterocycles. The molecule has 0 bridgehead atoms. The van der Waals surface area contributed by atoms with Crippen molar-refractivity contribution in [3.05, 3.63) is 59.7 Å².